The number of rotatable bonds is 6. The molecule has 0 fully saturated rings. The summed E-state index contributed by atoms with van der Waals surface area (Å²) in [6, 6.07) is 10.9. The number of para-hydroxylation sites is 2. The van der Waals surface area contributed by atoms with Crippen LogP contribution < -0.4 is 19.6 Å². The highest BCUT2D eigenvalue weighted by Gasteiger charge is 2.19. The standard InChI is InChI=1S/C19H22N4O4/c1-22(11-13-9-10-16(25-2)18(27-4)17(13)26-3)19(24)21-23-12-20-14-7-5-6-8-15(14)23/h5-10,12H,11H2,1-4H3,(H,21,24). The molecule has 0 aliphatic heterocycles. The van der Waals surface area contributed by atoms with Gasteiger partial charge in [-0.2, -0.15) is 0 Å². The molecule has 0 saturated carbocycles. The maximum absolute atomic E-state index is 12.6. The second-order valence-corrected chi connectivity index (χ2v) is 5.87. The van der Waals surface area contributed by atoms with Crippen molar-refractivity contribution in [2.75, 3.05) is 33.8 Å². The number of methoxy groups -OCH3 is 3. The van der Waals surface area contributed by atoms with Crippen molar-refractivity contribution in [3.05, 3.63) is 48.3 Å². The Morgan fingerprint density at radius 3 is 2.52 bits per heavy atom. The molecule has 1 aromatic heterocycles. The van der Waals surface area contributed by atoms with Gasteiger partial charge in [0.05, 0.1) is 38.9 Å². The van der Waals surface area contributed by atoms with E-state index in [9.17, 15) is 4.79 Å². The van der Waals surface area contributed by atoms with Gasteiger partial charge < -0.3 is 19.1 Å². The second-order valence-electron chi connectivity index (χ2n) is 5.87. The lowest BCUT2D eigenvalue weighted by Gasteiger charge is -2.21. The maximum Gasteiger partial charge on any atom is 0.336 e. The van der Waals surface area contributed by atoms with Gasteiger partial charge >= 0.3 is 6.03 Å². The number of hydrogen-bond acceptors (Lipinski definition) is 5. The van der Waals surface area contributed by atoms with Gasteiger partial charge in [0.15, 0.2) is 11.5 Å². The number of carbonyl (C=O) groups excluding carboxylic acids is 1. The lowest BCUT2D eigenvalue weighted by molar-refractivity contribution is 0.217. The minimum absolute atomic E-state index is 0.282. The predicted octanol–water partition coefficient (Wildman–Crippen LogP) is 2.86. The fraction of sp³-hybridized carbons (Fsp3) is 0.263. The summed E-state index contributed by atoms with van der Waals surface area (Å²) >= 11 is 0. The molecule has 1 heterocycles. The van der Waals surface area contributed by atoms with E-state index in [0.717, 1.165) is 16.6 Å². The van der Waals surface area contributed by atoms with E-state index in [1.165, 1.54) is 0 Å². The van der Waals surface area contributed by atoms with Crippen LogP contribution in [0.3, 0.4) is 0 Å². The molecule has 0 radical (unpaired) electrons. The van der Waals surface area contributed by atoms with Crippen LogP contribution in [-0.4, -0.2) is 49.0 Å². The minimum atomic E-state index is -0.282. The molecular formula is C19H22N4O4. The van der Waals surface area contributed by atoms with Gasteiger partial charge in [0.1, 0.15) is 6.33 Å². The fourth-order valence-corrected chi connectivity index (χ4v) is 2.85. The summed E-state index contributed by atoms with van der Waals surface area (Å²) in [6.07, 6.45) is 1.58. The number of nitrogens with zero attached hydrogens (tertiary/aromatic N) is 3. The van der Waals surface area contributed by atoms with Gasteiger partial charge in [-0.25, -0.2) is 19.9 Å². The van der Waals surface area contributed by atoms with Crippen LogP contribution in [0.25, 0.3) is 11.0 Å². The second kappa shape index (κ2) is 7.86. The van der Waals surface area contributed by atoms with Crippen molar-refractivity contribution < 1.29 is 19.0 Å². The molecule has 8 heteroatoms. The van der Waals surface area contributed by atoms with Crippen molar-refractivity contribution in [3.8, 4) is 17.2 Å². The van der Waals surface area contributed by atoms with E-state index in [4.69, 9.17) is 14.2 Å². The largest absolute Gasteiger partial charge is 0.493 e. The van der Waals surface area contributed by atoms with E-state index in [2.05, 4.69) is 10.4 Å². The average molecular weight is 370 g/mol. The lowest BCUT2D eigenvalue weighted by atomic mass is 10.1. The van der Waals surface area contributed by atoms with E-state index in [0.29, 0.717) is 23.8 Å². The predicted molar refractivity (Wildman–Crippen MR) is 102 cm³/mol. The lowest BCUT2D eigenvalue weighted by Crippen LogP contribution is -2.35. The molecule has 3 aromatic rings. The monoisotopic (exact) mass is 370 g/mol. The van der Waals surface area contributed by atoms with Crippen molar-refractivity contribution in [3.63, 3.8) is 0 Å². The van der Waals surface area contributed by atoms with Gasteiger partial charge in [-0.15, -0.1) is 0 Å². The Kier molecular flexibility index (Phi) is 5.35. The van der Waals surface area contributed by atoms with Crippen LogP contribution >= 0.6 is 0 Å². The molecule has 0 atom stereocenters. The van der Waals surface area contributed by atoms with Crippen molar-refractivity contribution >= 4 is 17.1 Å². The third-order valence-electron chi connectivity index (χ3n) is 4.21. The normalized spacial score (nSPS) is 10.5. The van der Waals surface area contributed by atoms with Gasteiger partial charge in [-0.05, 0) is 24.3 Å². The third-order valence-corrected chi connectivity index (χ3v) is 4.21. The summed E-state index contributed by atoms with van der Waals surface area (Å²) in [5, 5.41) is 0. The van der Waals surface area contributed by atoms with Crippen LogP contribution in [0.1, 0.15) is 5.56 Å². The van der Waals surface area contributed by atoms with Gasteiger partial charge in [0.25, 0.3) is 0 Å². The molecule has 8 nitrogen and oxygen atoms in total. The third kappa shape index (κ3) is 3.59. The number of benzene rings is 2. The zero-order chi connectivity index (χ0) is 19.4. The van der Waals surface area contributed by atoms with Gasteiger partial charge in [0, 0.05) is 12.6 Å². The van der Waals surface area contributed by atoms with Crippen LogP contribution in [0.5, 0.6) is 17.2 Å². The molecule has 27 heavy (non-hydrogen) atoms. The highest BCUT2D eigenvalue weighted by molar-refractivity contribution is 5.85. The van der Waals surface area contributed by atoms with E-state index < -0.39 is 0 Å². The van der Waals surface area contributed by atoms with Gasteiger partial charge in [-0.3, -0.25) is 0 Å². The molecule has 0 spiro atoms. The van der Waals surface area contributed by atoms with Crippen LogP contribution in [0.15, 0.2) is 42.7 Å². The number of amides is 2. The first-order valence-electron chi connectivity index (χ1n) is 8.31. The first kappa shape index (κ1) is 18.4. The summed E-state index contributed by atoms with van der Waals surface area (Å²) in [4.78, 5) is 18.4. The number of aromatic nitrogens is 2. The van der Waals surface area contributed by atoms with E-state index >= 15 is 0 Å². The molecule has 0 unspecified atom stereocenters. The minimum Gasteiger partial charge on any atom is -0.493 e. The molecule has 2 aromatic carbocycles. The molecule has 3 rings (SSSR count). The van der Waals surface area contributed by atoms with E-state index in [1.54, 1.807) is 50.3 Å². The summed E-state index contributed by atoms with van der Waals surface area (Å²) < 4.78 is 17.8. The molecule has 1 N–H and O–H groups in total. The summed E-state index contributed by atoms with van der Waals surface area (Å²) in [5.41, 5.74) is 5.24. The zero-order valence-electron chi connectivity index (χ0n) is 15.7. The summed E-state index contributed by atoms with van der Waals surface area (Å²) in [6.45, 7) is 0.321. The fourth-order valence-electron chi connectivity index (χ4n) is 2.85. The highest BCUT2D eigenvalue weighted by atomic mass is 16.5. The Bertz CT molecular complexity index is 954. The molecule has 0 aliphatic rings. The van der Waals surface area contributed by atoms with Crippen LogP contribution in [-0.2, 0) is 6.54 Å². The Morgan fingerprint density at radius 1 is 1.07 bits per heavy atom. The zero-order valence-corrected chi connectivity index (χ0v) is 15.7. The van der Waals surface area contributed by atoms with Crippen LogP contribution in [0.2, 0.25) is 0 Å². The number of nitrogens with one attached hydrogen (secondary N) is 1. The first-order chi connectivity index (χ1) is 13.1. The molecule has 0 aliphatic carbocycles. The number of ether oxygens (including phenoxy) is 3. The van der Waals surface area contributed by atoms with Crippen LogP contribution in [0, 0.1) is 0 Å². The van der Waals surface area contributed by atoms with Crippen molar-refractivity contribution in [2.45, 2.75) is 6.54 Å². The molecular weight excluding hydrogens is 348 g/mol. The molecule has 2 amide bonds. The summed E-state index contributed by atoms with van der Waals surface area (Å²) in [7, 11) is 6.36. The van der Waals surface area contributed by atoms with Crippen molar-refractivity contribution in [2.24, 2.45) is 0 Å². The summed E-state index contributed by atoms with van der Waals surface area (Å²) in [5.74, 6) is 1.59. The van der Waals surface area contributed by atoms with E-state index in [-0.39, 0.29) is 6.03 Å². The number of carbonyl (C=O) groups is 1. The number of hydrogen-bond donors (Lipinski definition) is 1. The number of urea groups is 1. The molecule has 0 saturated heterocycles. The van der Waals surface area contributed by atoms with Crippen LogP contribution in [0.4, 0.5) is 4.79 Å². The molecule has 0 bridgehead atoms. The molecule has 142 valence electrons. The van der Waals surface area contributed by atoms with Crippen molar-refractivity contribution in [1.82, 2.24) is 14.6 Å². The maximum atomic E-state index is 12.6. The SMILES string of the molecule is COc1ccc(CN(C)C(=O)Nn2cnc3ccccc32)c(OC)c1OC. The smallest absolute Gasteiger partial charge is 0.336 e. The topological polar surface area (TPSA) is 77.9 Å². The first-order valence-corrected chi connectivity index (χ1v) is 8.31. The quantitative estimate of drug-likeness (QED) is 0.722. The number of imidazole rings is 1. The Hall–Kier alpha value is -3.42. The Morgan fingerprint density at radius 2 is 1.81 bits per heavy atom. The number of fused-ring (bicyclic) bond motifs is 1. The Balaban J connectivity index is 1.78. The van der Waals surface area contributed by atoms with Gasteiger partial charge in [0.2, 0.25) is 5.75 Å². The van der Waals surface area contributed by atoms with E-state index in [1.807, 2.05) is 30.3 Å². The van der Waals surface area contributed by atoms with Gasteiger partial charge in [-0.1, -0.05) is 12.1 Å². The highest BCUT2D eigenvalue weighted by Crippen LogP contribution is 2.40. The van der Waals surface area contributed by atoms with Crippen molar-refractivity contribution in [1.29, 1.82) is 0 Å². The average Bonchev–Trinajstić information content (AvgIpc) is 3.10. The Labute approximate surface area is 157 Å².